The molecule has 7 nitrogen and oxygen atoms in total. The number of pyridine rings is 1. The molecule has 38 heavy (non-hydrogen) atoms. The Morgan fingerprint density at radius 2 is 1.89 bits per heavy atom. The molecule has 3 atom stereocenters. The van der Waals surface area contributed by atoms with Gasteiger partial charge in [-0.05, 0) is 79.5 Å². The predicted octanol–water partition coefficient (Wildman–Crippen LogP) is 4.76. The second kappa shape index (κ2) is 8.48. The third kappa shape index (κ3) is 3.78. The number of halogens is 1. The zero-order chi connectivity index (χ0) is 26.1. The molecule has 2 N–H and O–H groups in total. The number of hydrogen-bond donors (Lipinski definition) is 1. The fourth-order valence-corrected chi connectivity index (χ4v) is 5.95. The molecule has 0 bridgehead atoms. The van der Waals surface area contributed by atoms with E-state index >= 15 is 4.39 Å². The highest BCUT2D eigenvalue weighted by Gasteiger charge is 2.43. The Kier molecular flexibility index (Phi) is 5.15. The van der Waals surface area contributed by atoms with Gasteiger partial charge < -0.3 is 10.6 Å². The summed E-state index contributed by atoms with van der Waals surface area (Å²) < 4.78 is 17.0. The number of nitrogens with zero attached hydrogens (tertiary/aromatic N) is 4. The van der Waals surface area contributed by atoms with E-state index in [1.807, 2.05) is 29.2 Å². The number of primary amides is 1. The van der Waals surface area contributed by atoms with Crippen LogP contribution in [0, 0.1) is 11.7 Å². The lowest BCUT2D eigenvalue weighted by Gasteiger charge is -2.35. The van der Waals surface area contributed by atoms with Crippen molar-refractivity contribution in [3.63, 3.8) is 0 Å². The molecule has 1 unspecified atom stereocenters. The summed E-state index contributed by atoms with van der Waals surface area (Å²) in [5, 5.41) is 4.66. The zero-order valence-corrected chi connectivity index (χ0v) is 21.1. The Hall–Kier alpha value is -4.07. The molecule has 3 heterocycles. The Morgan fingerprint density at radius 1 is 1.08 bits per heavy atom. The van der Waals surface area contributed by atoms with Gasteiger partial charge in [-0.1, -0.05) is 30.3 Å². The standard InChI is InChI=1S/C30H28FN5O2/c1-16-21-5-3-2-4-17(21)10-11-35(16)30(38)20-13-26(18-6-7-18)36-27(14-20)33-29(34-36)22-9-8-19(12-25(22)31)23-15-24(23)28(32)37/h2-5,8-9,12-14,16,18,23-24H,6-7,10-11,15H2,1H3,(H2,32,37)/t16-,23?,24-/m1/s1. The first-order valence-corrected chi connectivity index (χ1v) is 13.3. The summed E-state index contributed by atoms with van der Waals surface area (Å²) in [6, 6.07) is 16.9. The van der Waals surface area contributed by atoms with Crippen molar-refractivity contribution in [3.05, 3.63) is 88.4 Å². The molecule has 0 radical (unpaired) electrons. The monoisotopic (exact) mass is 509 g/mol. The van der Waals surface area contributed by atoms with Crippen LogP contribution in [0.4, 0.5) is 4.39 Å². The van der Waals surface area contributed by atoms with Crippen molar-refractivity contribution < 1.29 is 14.0 Å². The van der Waals surface area contributed by atoms with Gasteiger partial charge in [-0.3, -0.25) is 9.59 Å². The minimum atomic E-state index is -0.432. The second-order valence-corrected chi connectivity index (χ2v) is 10.9. The largest absolute Gasteiger partial charge is 0.369 e. The van der Waals surface area contributed by atoms with Crippen LogP contribution in [0.25, 0.3) is 17.0 Å². The molecule has 2 amide bonds. The molecule has 4 aromatic rings. The van der Waals surface area contributed by atoms with Gasteiger partial charge in [0.15, 0.2) is 11.5 Å². The average Bonchev–Trinajstić information content (AvgIpc) is 3.84. The van der Waals surface area contributed by atoms with Crippen LogP contribution in [0.2, 0.25) is 0 Å². The molecular formula is C30H28FN5O2. The fourth-order valence-electron chi connectivity index (χ4n) is 5.95. The third-order valence-electron chi connectivity index (χ3n) is 8.38. The highest BCUT2D eigenvalue weighted by atomic mass is 19.1. The summed E-state index contributed by atoms with van der Waals surface area (Å²) in [6.45, 7) is 2.74. The Balaban J connectivity index is 1.23. The van der Waals surface area contributed by atoms with E-state index in [2.05, 4.69) is 29.1 Å². The summed E-state index contributed by atoms with van der Waals surface area (Å²) >= 11 is 0. The minimum Gasteiger partial charge on any atom is -0.369 e. The van der Waals surface area contributed by atoms with Crippen molar-refractivity contribution in [2.45, 2.75) is 50.5 Å². The van der Waals surface area contributed by atoms with Gasteiger partial charge in [0, 0.05) is 29.6 Å². The molecule has 2 saturated carbocycles. The first-order valence-electron chi connectivity index (χ1n) is 13.3. The molecule has 2 aromatic heterocycles. The quantitative estimate of drug-likeness (QED) is 0.420. The van der Waals surface area contributed by atoms with Crippen LogP contribution in [0.3, 0.4) is 0 Å². The van der Waals surface area contributed by atoms with E-state index in [0.717, 1.165) is 30.5 Å². The van der Waals surface area contributed by atoms with Crippen LogP contribution in [0.5, 0.6) is 0 Å². The number of hydrogen-bond acceptors (Lipinski definition) is 4. The molecule has 0 spiro atoms. The lowest BCUT2D eigenvalue weighted by atomic mass is 9.93. The Labute approximate surface area is 219 Å². The topological polar surface area (TPSA) is 93.6 Å². The van der Waals surface area contributed by atoms with Crippen LogP contribution in [-0.4, -0.2) is 37.9 Å². The summed E-state index contributed by atoms with van der Waals surface area (Å²) in [6.07, 6.45) is 3.54. The molecule has 2 aliphatic carbocycles. The number of amides is 2. The number of carbonyl (C=O) groups excluding carboxylic acids is 2. The lowest BCUT2D eigenvalue weighted by molar-refractivity contribution is -0.119. The molecular weight excluding hydrogens is 481 g/mol. The van der Waals surface area contributed by atoms with Crippen molar-refractivity contribution in [1.29, 1.82) is 0 Å². The van der Waals surface area contributed by atoms with E-state index < -0.39 is 5.82 Å². The van der Waals surface area contributed by atoms with Gasteiger partial charge in [0.05, 0.1) is 11.6 Å². The van der Waals surface area contributed by atoms with Crippen LogP contribution in [-0.2, 0) is 11.2 Å². The van der Waals surface area contributed by atoms with Crippen LogP contribution in [0.15, 0.2) is 54.6 Å². The molecule has 192 valence electrons. The average molecular weight is 510 g/mol. The van der Waals surface area contributed by atoms with Crippen molar-refractivity contribution in [1.82, 2.24) is 19.5 Å². The maximum atomic E-state index is 15.2. The number of benzene rings is 2. The van der Waals surface area contributed by atoms with E-state index in [-0.39, 0.29) is 35.5 Å². The van der Waals surface area contributed by atoms with Gasteiger partial charge in [0.1, 0.15) is 5.82 Å². The van der Waals surface area contributed by atoms with Crippen molar-refractivity contribution in [2.75, 3.05) is 6.54 Å². The number of aromatic nitrogens is 3. The van der Waals surface area contributed by atoms with Gasteiger partial charge in [0.25, 0.3) is 5.91 Å². The van der Waals surface area contributed by atoms with E-state index in [0.29, 0.717) is 35.7 Å². The molecule has 2 fully saturated rings. The van der Waals surface area contributed by atoms with Crippen LogP contribution < -0.4 is 5.73 Å². The van der Waals surface area contributed by atoms with Crippen molar-refractivity contribution in [3.8, 4) is 11.4 Å². The predicted molar refractivity (Wildman–Crippen MR) is 140 cm³/mol. The summed E-state index contributed by atoms with van der Waals surface area (Å²) in [4.78, 5) is 31.8. The fraction of sp³-hybridized carbons (Fsp3) is 0.333. The summed E-state index contributed by atoms with van der Waals surface area (Å²) in [7, 11) is 0. The van der Waals surface area contributed by atoms with Crippen LogP contribution >= 0.6 is 0 Å². The number of rotatable bonds is 5. The van der Waals surface area contributed by atoms with E-state index in [9.17, 15) is 9.59 Å². The van der Waals surface area contributed by atoms with E-state index in [1.165, 1.54) is 17.2 Å². The van der Waals surface area contributed by atoms with Gasteiger partial charge in [-0.2, -0.15) is 0 Å². The number of fused-ring (bicyclic) bond motifs is 2. The smallest absolute Gasteiger partial charge is 0.254 e. The summed E-state index contributed by atoms with van der Waals surface area (Å²) in [5.74, 6) is -0.452. The highest BCUT2D eigenvalue weighted by molar-refractivity contribution is 5.96. The van der Waals surface area contributed by atoms with Gasteiger partial charge >= 0.3 is 0 Å². The van der Waals surface area contributed by atoms with Crippen molar-refractivity contribution in [2.24, 2.45) is 11.7 Å². The SMILES string of the molecule is C[C@@H]1c2ccccc2CCN1C(=O)c1cc(C2CC2)n2nc(-c3ccc(C4C[C@H]4C(N)=O)cc3F)nc2c1. The molecule has 7 rings (SSSR count). The Bertz CT molecular complexity index is 1620. The molecule has 8 heteroatoms. The number of carbonyl (C=O) groups is 2. The first-order chi connectivity index (χ1) is 18.4. The molecule has 0 saturated heterocycles. The first kappa shape index (κ1) is 23.1. The molecule has 1 aliphatic heterocycles. The van der Waals surface area contributed by atoms with Gasteiger partial charge in [-0.15, -0.1) is 5.10 Å². The molecule has 3 aliphatic rings. The zero-order valence-electron chi connectivity index (χ0n) is 21.1. The lowest BCUT2D eigenvalue weighted by Crippen LogP contribution is -2.38. The van der Waals surface area contributed by atoms with Gasteiger partial charge in [-0.25, -0.2) is 13.9 Å². The second-order valence-electron chi connectivity index (χ2n) is 10.9. The highest BCUT2D eigenvalue weighted by Crippen LogP contribution is 2.47. The van der Waals surface area contributed by atoms with E-state index in [1.54, 1.807) is 16.6 Å². The maximum absolute atomic E-state index is 15.2. The van der Waals surface area contributed by atoms with Crippen LogP contribution in [0.1, 0.15) is 76.8 Å². The van der Waals surface area contributed by atoms with Gasteiger partial charge in [0.2, 0.25) is 5.91 Å². The summed E-state index contributed by atoms with van der Waals surface area (Å²) in [5.41, 5.74) is 11.0. The minimum absolute atomic E-state index is 0.0188. The molecule has 2 aromatic carbocycles. The van der Waals surface area contributed by atoms with Crippen molar-refractivity contribution >= 4 is 17.5 Å². The van der Waals surface area contributed by atoms with E-state index in [4.69, 9.17) is 5.73 Å². The third-order valence-corrected chi connectivity index (χ3v) is 8.38. The number of nitrogens with two attached hydrogens (primary N) is 1. The maximum Gasteiger partial charge on any atom is 0.254 e. The normalized spacial score (nSPS) is 22.4. The Morgan fingerprint density at radius 3 is 2.63 bits per heavy atom.